The second kappa shape index (κ2) is 9.47. The molecule has 194 valence electrons. The standard InChI is InChI=1S/C26H28FN5O5/c1-29-24(35)30-19-6-7-21-16(10-19)8-9-26(21)23(34)32(25(36)37-26)14-22(33)31(20-11-18(28)12-20)13-15-2-4-17(27)5-3-15/h2-7,10,18,20H,8-9,11-14,28H2,1H3,(H2,29,30,35)/t18?,20?,26-/m1/s1. The average molecular weight is 510 g/mol. The maximum atomic E-state index is 13.5. The van der Waals surface area contributed by atoms with Crippen LogP contribution in [0.3, 0.4) is 0 Å². The molecule has 5 amide bonds. The molecule has 0 unspecified atom stereocenters. The number of nitrogens with two attached hydrogens (primary N) is 1. The summed E-state index contributed by atoms with van der Waals surface area (Å²) in [5.41, 5.74) is 7.07. The van der Waals surface area contributed by atoms with Crippen LogP contribution in [0.5, 0.6) is 0 Å². The van der Waals surface area contributed by atoms with Crippen LogP contribution in [0.15, 0.2) is 42.5 Å². The molecule has 1 heterocycles. The summed E-state index contributed by atoms with van der Waals surface area (Å²) in [5, 5.41) is 5.15. The molecule has 1 saturated carbocycles. The summed E-state index contributed by atoms with van der Waals surface area (Å²) >= 11 is 0. The van der Waals surface area contributed by atoms with E-state index in [0.717, 1.165) is 16.0 Å². The van der Waals surface area contributed by atoms with Crippen molar-refractivity contribution in [2.24, 2.45) is 5.73 Å². The molecule has 2 aliphatic carbocycles. The highest BCUT2D eigenvalue weighted by molar-refractivity contribution is 6.06. The van der Waals surface area contributed by atoms with E-state index in [-0.39, 0.29) is 36.9 Å². The van der Waals surface area contributed by atoms with Gasteiger partial charge in [-0.25, -0.2) is 18.9 Å². The number of hydrogen-bond acceptors (Lipinski definition) is 6. The Morgan fingerprint density at radius 1 is 1.19 bits per heavy atom. The largest absolute Gasteiger partial charge is 0.427 e. The van der Waals surface area contributed by atoms with Crippen LogP contribution in [-0.4, -0.2) is 59.4 Å². The monoisotopic (exact) mass is 509 g/mol. The molecule has 2 fully saturated rings. The fourth-order valence-electron chi connectivity index (χ4n) is 5.24. The van der Waals surface area contributed by atoms with E-state index in [9.17, 15) is 23.6 Å². The van der Waals surface area contributed by atoms with Crippen LogP contribution in [0.4, 0.5) is 19.7 Å². The number of ether oxygens (including phenoxy) is 1. The minimum atomic E-state index is -1.49. The molecule has 11 heteroatoms. The van der Waals surface area contributed by atoms with Crippen LogP contribution in [-0.2, 0) is 32.9 Å². The van der Waals surface area contributed by atoms with Gasteiger partial charge in [-0.3, -0.25) is 9.59 Å². The molecule has 2 aromatic carbocycles. The van der Waals surface area contributed by atoms with E-state index in [1.807, 2.05) is 0 Å². The summed E-state index contributed by atoms with van der Waals surface area (Å²) in [6.07, 6.45) is 1.06. The van der Waals surface area contributed by atoms with Crippen molar-refractivity contribution in [2.45, 2.75) is 49.9 Å². The first-order chi connectivity index (χ1) is 17.7. The summed E-state index contributed by atoms with van der Waals surface area (Å²) in [5.74, 6) is -1.37. The molecule has 5 rings (SSSR count). The summed E-state index contributed by atoms with van der Waals surface area (Å²) in [7, 11) is 1.50. The quantitative estimate of drug-likeness (QED) is 0.547. The number of carbonyl (C=O) groups excluding carboxylic acids is 4. The Labute approximate surface area is 212 Å². The molecule has 1 aliphatic heterocycles. The lowest BCUT2D eigenvalue weighted by Gasteiger charge is -2.41. The van der Waals surface area contributed by atoms with E-state index in [1.165, 1.54) is 19.2 Å². The number of halogens is 1. The molecule has 1 saturated heterocycles. The van der Waals surface area contributed by atoms with Gasteiger partial charge in [-0.2, -0.15) is 0 Å². The lowest BCUT2D eigenvalue weighted by Crippen LogP contribution is -2.55. The fraction of sp³-hybridized carbons (Fsp3) is 0.385. The normalized spacial score (nSPS) is 23.9. The highest BCUT2D eigenvalue weighted by Crippen LogP contribution is 2.46. The number of imide groups is 1. The van der Waals surface area contributed by atoms with E-state index < -0.39 is 30.1 Å². The number of nitrogens with zero attached hydrogens (tertiary/aromatic N) is 2. The van der Waals surface area contributed by atoms with Crippen molar-refractivity contribution in [3.05, 3.63) is 65.0 Å². The lowest BCUT2D eigenvalue weighted by atomic mass is 9.86. The van der Waals surface area contributed by atoms with Gasteiger partial charge in [0.05, 0.1) is 0 Å². The van der Waals surface area contributed by atoms with Crippen molar-refractivity contribution in [1.82, 2.24) is 15.1 Å². The molecular formula is C26H28FN5O5. The van der Waals surface area contributed by atoms with E-state index in [4.69, 9.17) is 10.5 Å². The third-order valence-corrected chi connectivity index (χ3v) is 7.31. The Bertz CT molecular complexity index is 1260. The van der Waals surface area contributed by atoms with Gasteiger partial charge in [0.15, 0.2) is 0 Å². The zero-order chi connectivity index (χ0) is 26.3. The number of benzene rings is 2. The highest BCUT2D eigenvalue weighted by atomic mass is 19.1. The van der Waals surface area contributed by atoms with Gasteiger partial charge in [0, 0.05) is 43.3 Å². The van der Waals surface area contributed by atoms with Gasteiger partial charge < -0.3 is 26.0 Å². The van der Waals surface area contributed by atoms with Crippen molar-refractivity contribution in [2.75, 3.05) is 18.9 Å². The molecule has 10 nitrogen and oxygen atoms in total. The molecule has 3 aliphatic rings. The lowest BCUT2D eigenvalue weighted by molar-refractivity contribution is -0.144. The van der Waals surface area contributed by atoms with Crippen molar-refractivity contribution in [1.29, 1.82) is 0 Å². The van der Waals surface area contributed by atoms with Gasteiger partial charge in [-0.1, -0.05) is 18.2 Å². The first-order valence-electron chi connectivity index (χ1n) is 12.2. The molecular weight excluding hydrogens is 481 g/mol. The Hall–Kier alpha value is -3.99. The van der Waals surface area contributed by atoms with Gasteiger partial charge in [0.1, 0.15) is 12.4 Å². The van der Waals surface area contributed by atoms with Crippen molar-refractivity contribution in [3.8, 4) is 0 Å². The zero-order valence-corrected chi connectivity index (χ0v) is 20.3. The first kappa shape index (κ1) is 24.7. The first-order valence-corrected chi connectivity index (χ1v) is 12.2. The molecule has 0 radical (unpaired) electrons. The Balaban J connectivity index is 1.34. The second-order valence-corrected chi connectivity index (χ2v) is 9.70. The summed E-state index contributed by atoms with van der Waals surface area (Å²) < 4.78 is 19.0. The van der Waals surface area contributed by atoms with Crippen molar-refractivity contribution < 1.29 is 28.3 Å². The topological polar surface area (TPSA) is 134 Å². The number of rotatable bonds is 6. The van der Waals surface area contributed by atoms with Crippen LogP contribution >= 0.6 is 0 Å². The van der Waals surface area contributed by atoms with Crippen LogP contribution < -0.4 is 16.4 Å². The Morgan fingerprint density at radius 2 is 1.92 bits per heavy atom. The molecule has 0 bridgehead atoms. The Kier molecular flexibility index (Phi) is 6.32. The molecule has 4 N–H and O–H groups in total. The average Bonchev–Trinajstić information content (AvgIpc) is 3.33. The predicted molar refractivity (Wildman–Crippen MR) is 131 cm³/mol. The minimum absolute atomic E-state index is 0.0204. The summed E-state index contributed by atoms with van der Waals surface area (Å²) in [6, 6.07) is 10.4. The van der Waals surface area contributed by atoms with Gasteiger partial charge in [0.2, 0.25) is 11.5 Å². The number of nitrogens with one attached hydrogen (secondary N) is 2. The van der Waals surface area contributed by atoms with Gasteiger partial charge >= 0.3 is 12.1 Å². The Morgan fingerprint density at radius 3 is 2.59 bits per heavy atom. The summed E-state index contributed by atoms with van der Waals surface area (Å²) in [6.45, 7) is -0.249. The molecule has 1 spiro atoms. The molecule has 37 heavy (non-hydrogen) atoms. The number of fused-ring (bicyclic) bond motifs is 2. The van der Waals surface area contributed by atoms with Gasteiger partial charge in [-0.15, -0.1) is 0 Å². The van der Waals surface area contributed by atoms with E-state index in [2.05, 4.69) is 10.6 Å². The van der Waals surface area contributed by atoms with Crippen LogP contribution in [0, 0.1) is 5.82 Å². The van der Waals surface area contributed by atoms with E-state index in [1.54, 1.807) is 35.2 Å². The predicted octanol–water partition coefficient (Wildman–Crippen LogP) is 2.22. The van der Waals surface area contributed by atoms with Crippen molar-refractivity contribution in [3.63, 3.8) is 0 Å². The van der Waals surface area contributed by atoms with Crippen LogP contribution in [0.25, 0.3) is 0 Å². The third-order valence-electron chi connectivity index (χ3n) is 7.31. The fourth-order valence-corrected chi connectivity index (χ4v) is 5.24. The number of hydrogen-bond donors (Lipinski definition) is 3. The number of anilines is 1. The number of carbonyl (C=O) groups is 4. The maximum absolute atomic E-state index is 13.5. The number of amides is 5. The van der Waals surface area contributed by atoms with Crippen molar-refractivity contribution >= 4 is 29.6 Å². The smallest absolute Gasteiger partial charge is 0.418 e. The minimum Gasteiger partial charge on any atom is -0.427 e. The highest BCUT2D eigenvalue weighted by Gasteiger charge is 2.58. The second-order valence-electron chi connectivity index (χ2n) is 9.70. The number of aryl methyl sites for hydroxylation is 1. The van der Waals surface area contributed by atoms with E-state index >= 15 is 0 Å². The number of urea groups is 1. The van der Waals surface area contributed by atoms with E-state index in [0.29, 0.717) is 30.5 Å². The summed E-state index contributed by atoms with van der Waals surface area (Å²) in [4.78, 5) is 53.9. The van der Waals surface area contributed by atoms with Gasteiger partial charge in [0.25, 0.3) is 5.91 Å². The van der Waals surface area contributed by atoms with Gasteiger partial charge in [-0.05, 0) is 54.7 Å². The van der Waals surface area contributed by atoms with Crippen LogP contribution in [0.1, 0.15) is 36.0 Å². The third kappa shape index (κ3) is 4.50. The molecule has 2 aromatic rings. The maximum Gasteiger partial charge on any atom is 0.418 e. The SMILES string of the molecule is CNC(=O)Nc1ccc2c(c1)CC[C@@]21OC(=O)N(CC(=O)N(Cc2ccc(F)cc2)C2CC(N)C2)C1=O. The van der Waals surface area contributed by atoms with Crippen LogP contribution in [0.2, 0.25) is 0 Å². The molecule has 1 atom stereocenters. The zero-order valence-electron chi connectivity index (χ0n) is 20.3. The molecule has 0 aromatic heterocycles.